The second-order valence-corrected chi connectivity index (χ2v) is 1.55. The van der Waals surface area contributed by atoms with Crippen LogP contribution in [0.4, 0.5) is 0 Å². The summed E-state index contributed by atoms with van der Waals surface area (Å²) in [4.78, 5) is 9.98. The Morgan fingerprint density at radius 1 is 1.89 bits per heavy atom. The van der Waals surface area contributed by atoms with Crippen LogP contribution >= 0.6 is 0 Å². The standard InChI is InChI=1S/C5H5NO3/c7-5(8)3-4-1-2-6-9-4/h1-2H,3H2,(H,7,8). The molecule has 1 N–H and O–H groups in total. The van der Waals surface area contributed by atoms with Crippen LogP contribution in [0.1, 0.15) is 5.76 Å². The summed E-state index contributed by atoms with van der Waals surface area (Å²) in [6.07, 6.45) is 1.32. The molecule has 1 heterocycles. The van der Waals surface area contributed by atoms with Crippen LogP contribution in [-0.4, -0.2) is 16.2 Å². The van der Waals surface area contributed by atoms with Crippen molar-refractivity contribution in [2.24, 2.45) is 0 Å². The van der Waals surface area contributed by atoms with Gasteiger partial charge in [-0.15, -0.1) is 0 Å². The average Bonchev–Trinajstić information content (AvgIpc) is 2.15. The number of carboxylic acid groups (broad SMARTS) is 1. The number of aromatic nitrogens is 1. The molecule has 0 aromatic carbocycles. The molecule has 0 atom stereocenters. The fraction of sp³-hybridized carbons (Fsp3) is 0.200. The molecule has 0 aliphatic carbocycles. The van der Waals surface area contributed by atoms with Crippen molar-refractivity contribution in [1.82, 2.24) is 5.16 Å². The van der Waals surface area contributed by atoms with Gasteiger partial charge in [0.15, 0.2) is 0 Å². The zero-order chi connectivity index (χ0) is 6.69. The van der Waals surface area contributed by atoms with Gasteiger partial charge in [0.1, 0.15) is 12.2 Å². The van der Waals surface area contributed by atoms with Crippen LogP contribution in [0.2, 0.25) is 0 Å². The Bertz CT molecular complexity index is 192. The van der Waals surface area contributed by atoms with E-state index in [4.69, 9.17) is 5.11 Å². The van der Waals surface area contributed by atoms with E-state index in [-0.39, 0.29) is 6.42 Å². The van der Waals surface area contributed by atoms with E-state index in [1.54, 1.807) is 0 Å². The largest absolute Gasteiger partial charge is 0.481 e. The van der Waals surface area contributed by atoms with E-state index in [2.05, 4.69) is 9.68 Å². The van der Waals surface area contributed by atoms with Gasteiger partial charge < -0.3 is 9.63 Å². The van der Waals surface area contributed by atoms with Crippen molar-refractivity contribution in [3.63, 3.8) is 0 Å². The normalized spacial score (nSPS) is 9.33. The molecule has 9 heavy (non-hydrogen) atoms. The molecule has 0 saturated carbocycles. The summed E-state index contributed by atoms with van der Waals surface area (Å²) in [6.45, 7) is 0. The van der Waals surface area contributed by atoms with Crippen LogP contribution in [0.3, 0.4) is 0 Å². The van der Waals surface area contributed by atoms with Crippen LogP contribution in [0.25, 0.3) is 0 Å². The summed E-state index contributed by atoms with van der Waals surface area (Å²) >= 11 is 0. The van der Waals surface area contributed by atoms with Crippen molar-refractivity contribution < 1.29 is 14.4 Å². The predicted octanol–water partition coefficient (Wildman–Crippen LogP) is 0.302. The maximum atomic E-state index is 9.98. The minimum absolute atomic E-state index is 0.0972. The molecule has 4 nitrogen and oxygen atoms in total. The van der Waals surface area contributed by atoms with Crippen LogP contribution in [0.5, 0.6) is 0 Å². The first-order valence-corrected chi connectivity index (χ1v) is 2.40. The van der Waals surface area contributed by atoms with Gasteiger partial charge in [-0.25, -0.2) is 0 Å². The predicted molar refractivity (Wildman–Crippen MR) is 27.8 cm³/mol. The molecule has 0 fully saturated rings. The van der Waals surface area contributed by atoms with Gasteiger partial charge in [-0.2, -0.15) is 0 Å². The number of hydrogen-bond acceptors (Lipinski definition) is 3. The molecule has 0 spiro atoms. The second kappa shape index (κ2) is 2.30. The van der Waals surface area contributed by atoms with Gasteiger partial charge in [0.2, 0.25) is 0 Å². The lowest BCUT2D eigenvalue weighted by Gasteiger charge is -1.83. The fourth-order valence-corrected chi connectivity index (χ4v) is 0.482. The molecule has 0 radical (unpaired) electrons. The Hall–Kier alpha value is -1.32. The summed E-state index contributed by atoms with van der Waals surface area (Å²) in [5.41, 5.74) is 0. The second-order valence-electron chi connectivity index (χ2n) is 1.55. The van der Waals surface area contributed by atoms with E-state index in [1.807, 2.05) is 0 Å². The van der Waals surface area contributed by atoms with Crippen molar-refractivity contribution in [2.45, 2.75) is 6.42 Å². The van der Waals surface area contributed by atoms with Crippen LogP contribution in [0, 0.1) is 0 Å². The van der Waals surface area contributed by atoms with Gasteiger partial charge >= 0.3 is 5.97 Å². The highest BCUT2D eigenvalue weighted by atomic mass is 16.5. The molecular weight excluding hydrogens is 122 g/mol. The Morgan fingerprint density at radius 2 is 2.67 bits per heavy atom. The molecule has 0 aliphatic rings. The van der Waals surface area contributed by atoms with E-state index >= 15 is 0 Å². The first-order chi connectivity index (χ1) is 4.29. The van der Waals surface area contributed by atoms with Crippen LogP contribution < -0.4 is 0 Å². The van der Waals surface area contributed by atoms with E-state index < -0.39 is 5.97 Å². The van der Waals surface area contributed by atoms with Gasteiger partial charge in [-0.3, -0.25) is 4.79 Å². The first kappa shape index (κ1) is 5.81. The molecule has 1 aromatic rings. The zero-order valence-corrected chi connectivity index (χ0v) is 4.57. The number of carbonyl (C=O) groups is 1. The lowest BCUT2D eigenvalue weighted by atomic mass is 10.3. The molecule has 0 aliphatic heterocycles. The van der Waals surface area contributed by atoms with Gasteiger partial charge in [-0.1, -0.05) is 5.16 Å². The smallest absolute Gasteiger partial charge is 0.311 e. The van der Waals surface area contributed by atoms with E-state index in [0.717, 1.165) is 0 Å². The van der Waals surface area contributed by atoms with Crippen molar-refractivity contribution in [3.05, 3.63) is 18.0 Å². The average molecular weight is 127 g/mol. The summed E-state index contributed by atoms with van der Waals surface area (Å²) in [6, 6.07) is 1.52. The topological polar surface area (TPSA) is 63.3 Å². The molecule has 0 bridgehead atoms. The molecule has 0 saturated heterocycles. The molecular formula is C5H5NO3. The lowest BCUT2D eigenvalue weighted by Crippen LogP contribution is -1.97. The summed E-state index contributed by atoms with van der Waals surface area (Å²) in [5.74, 6) is -0.533. The molecule has 0 amide bonds. The van der Waals surface area contributed by atoms with E-state index in [1.165, 1.54) is 12.3 Å². The monoisotopic (exact) mass is 127 g/mol. The highest BCUT2D eigenvalue weighted by Gasteiger charge is 2.01. The number of nitrogens with zero attached hydrogens (tertiary/aromatic N) is 1. The first-order valence-electron chi connectivity index (χ1n) is 2.40. The summed E-state index contributed by atoms with van der Waals surface area (Å²) in [7, 11) is 0. The van der Waals surface area contributed by atoms with Crippen LogP contribution in [0.15, 0.2) is 16.8 Å². The Balaban J connectivity index is 2.58. The summed E-state index contributed by atoms with van der Waals surface area (Å²) < 4.78 is 4.51. The molecule has 1 aromatic heterocycles. The summed E-state index contributed by atoms with van der Waals surface area (Å²) in [5, 5.41) is 11.5. The molecule has 4 heteroatoms. The van der Waals surface area contributed by atoms with Gasteiger partial charge in [-0.05, 0) is 0 Å². The van der Waals surface area contributed by atoms with Gasteiger partial charge in [0.25, 0.3) is 0 Å². The maximum Gasteiger partial charge on any atom is 0.311 e. The lowest BCUT2D eigenvalue weighted by molar-refractivity contribution is -0.136. The highest BCUT2D eigenvalue weighted by molar-refractivity contribution is 5.69. The zero-order valence-electron chi connectivity index (χ0n) is 4.57. The quantitative estimate of drug-likeness (QED) is 0.620. The van der Waals surface area contributed by atoms with Crippen molar-refractivity contribution in [1.29, 1.82) is 0 Å². The maximum absolute atomic E-state index is 9.98. The third-order valence-electron chi connectivity index (χ3n) is 0.817. The number of hydrogen-bond donors (Lipinski definition) is 1. The Kier molecular flexibility index (Phi) is 1.48. The molecule has 1 rings (SSSR count). The van der Waals surface area contributed by atoms with E-state index in [0.29, 0.717) is 5.76 Å². The van der Waals surface area contributed by atoms with Gasteiger partial charge in [0, 0.05) is 6.07 Å². The number of aliphatic carboxylic acids is 1. The highest BCUT2D eigenvalue weighted by Crippen LogP contribution is 1.96. The third-order valence-corrected chi connectivity index (χ3v) is 0.817. The third kappa shape index (κ3) is 1.56. The number of carboxylic acids is 1. The Labute approximate surface area is 51.1 Å². The minimum atomic E-state index is -0.910. The molecule has 0 unspecified atom stereocenters. The SMILES string of the molecule is O=C(O)Cc1ccno1. The fourth-order valence-electron chi connectivity index (χ4n) is 0.482. The Morgan fingerprint density at radius 3 is 3.11 bits per heavy atom. The minimum Gasteiger partial charge on any atom is -0.481 e. The molecule has 48 valence electrons. The van der Waals surface area contributed by atoms with Crippen molar-refractivity contribution in [3.8, 4) is 0 Å². The van der Waals surface area contributed by atoms with Crippen LogP contribution in [-0.2, 0) is 11.2 Å². The van der Waals surface area contributed by atoms with Crippen molar-refractivity contribution >= 4 is 5.97 Å². The number of rotatable bonds is 2. The van der Waals surface area contributed by atoms with Crippen molar-refractivity contribution in [2.75, 3.05) is 0 Å². The van der Waals surface area contributed by atoms with Gasteiger partial charge in [0.05, 0.1) is 6.20 Å². The van der Waals surface area contributed by atoms with E-state index in [9.17, 15) is 4.79 Å².